The Balaban J connectivity index is 0.00000288. The van der Waals surface area contributed by atoms with E-state index < -0.39 is 6.09 Å². The highest BCUT2D eigenvalue weighted by Crippen LogP contribution is 2.26. The molecule has 10 heteroatoms. The standard InChI is InChI=1S/C14H17N5O2S2.HI/c1-3-21-14(20)16-7-9-5-4-6-10(17-9)11-8-23-13(18-11)19-12(15)22-2;/h4-6,8H,3,7H2,1-2H3,(H,16,20)(H2,15,18,19);1H. The van der Waals surface area contributed by atoms with Crippen molar-refractivity contribution in [3.05, 3.63) is 29.3 Å². The number of amides is 1. The number of amidine groups is 1. The number of thiazole rings is 1. The van der Waals surface area contributed by atoms with Crippen LogP contribution in [0, 0.1) is 0 Å². The number of aliphatic imine (C=N–C) groups is 1. The summed E-state index contributed by atoms with van der Waals surface area (Å²) in [4.78, 5) is 24.4. The highest BCUT2D eigenvalue weighted by Gasteiger charge is 2.08. The summed E-state index contributed by atoms with van der Waals surface area (Å²) >= 11 is 2.76. The zero-order valence-electron chi connectivity index (χ0n) is 13.2. The molecule has 2 rings (SSSR count). The second-order valence-corrected chi connectivity index (χ2v) is 5.92. The number of thioether (sulfide) groups is 1. The van der Waals surface area contributed by atoms with Crippen LogP contribution in [0.4, 0.5) is 9.93 Å². The molecule has 0 radical (unpaired) electrons. The summed E-state index contributed by atoms with van der Waals surface area (Å²) in [5.74, 6) is 0. The highest BCUT2D eigenvalue weighted by atomic mass is 127. The summed E-state index contributed by atoms with van der Waals surface area (Å²) in [5.41, 5.74) is 7.84. The van der Waals surface area contributed by atoms with Crippen molar-refractivity contribution < 1.29 is 9.53 Å². The lowest BCUT2D eigenvalue weighted by atomic mass is 10.2. The van der Waals surface area contributed by atoms with Crippen molar-refractivity contribution in [2.45, 2.75) is 13.5 Å². The molecule has 2 heterocycles. The Morgan fingerprint density at radius 2 is 2.21 bits per heavy atom. The molecule has 0 spiro atoms. The Bertz CT molecular complexity index is 708. The summed E-state index contributed by atoms with van der Waals surface area (Å²) in [7, 11) is 0. The molecule has 0 atom stereocenters. The number of nitrogens with one attached hydrogen (secondary N) is 1. The molecular weight excluding hydrogens is 461 g/mol. The second-order valence-electron chi connectivity index (χ2n) is 4.26. The van der Waals surface area contributed by atoms with E-state index in [0.717, 1.165) is 11.4 Å². The van der Waals surface area contributed by atoms with E-state index in [1.165, 1.54) is 23.1 Å². The second kappa shape index (κ2) is 10.5. The summed E-state index contributed by atoms with van der Waals surface area (Å²) in [6.45, 7) is 2.38. The van der Waals surface area contributed by atoms with Gasteiger partial charge in [0.25, 0.3) is 0 Å². The van der Waals surface area contributed by atoms with Crippen LogP contribution < -0.4 is 11.1 Å². The third kappa shape index (κ3) is 6.24. The molecule has 2 aromatic rings. The van der Waals surface area contributed by atoms with Crippen molar-refractivity contribution in [1.29, 1.82) is 0 Å². The van der Waals surface area contributed by atoms with Crippen LogP contribution in [0.1, 0.15) is 12.6 Å². The van der Waals surface area contributed by atoms with E-state index in [2.05, 4.69) is 20.3 Å². The molecule has 0 aliphatic heterocycles. The molecule has 0 fully saturated rings. The van der Waals surface area contributed by atoms with Crippen LogP contribution in [-0.4, -0.2) is 34.1 Å². The number of nitrogens with zero attached hydrogens (tertiary/aromatic N) is 3. The number of halogens is 1. The van der Waals surface area contributed by atoms with Crippen LogP contribution >= 0.6 is 47.1 Å². The normalized spacial score (nSPS) is 10.8. The van der Waals surface area contributed by atoms with Crippen molar-refractivity contribution in [1.82, 2.24) is 15.3 Å². The first-order valence-electron chi connectivity index (χ1n) is 6.83. The third-order valence-electron chi connectivity index (χ3n) is 2.67. The van der Waals surface area contributed by atoms with Gasteiger partial charge in [0.05, 0.1) is 24.5 Å². The van der Waals surface area contributed by atoms with Crippen LogP contribution in [0.25, 0.3) is 11.4 Å². The van der Waals surface area contributed by atoms with Gasteiger partial charge in [-0.2, -0.15) is 4.99 Å². The first kappa shape index (κ1) is 20.6. The molecule has 130 valence electrons. The zero-order valence-corrected chi connectivity index (χ0v) is 17.1. The number of hydrogen-bond acceptors (Lipinski definition) is 7. The maximum absolute atomic E-state index is 11.3. The molecule has 0 aliphatic rings. The molecule has 7 nitrogen and oxygen atoms in total. The van der Waals surface area contributed by atoms with Gasteiger partial charge in [-0.25, -0.2) is 14.8 Å². The number of nitrogens with two attached hydrogens (primary N) is 1. The lowest BCUT2D eigenvalue weighted by molar-refractivity contribution is 0.151. The number of rotatable bonds is 5. The van der Waals surface area contributed by atoms with Crippen LogP contribution in [-0.2, 0) is 11.3 Å². The Hall–Kier alpha value is -1.40. The quantitative estimate of drug-likeness (QED) is 0.387. The van der Waals surface area contributed by atoms with Crippen LogP contribution in [0.15, 0.2) is 28.6 Å². The number of pyridine rings is 1. The van der Waals surface area contributed by atoms with Gasteiger partial charge in [-0.1, -0.05) is 17.8 Å². The van der Waals surface area contributed by atoms with Gasteiger partial charge in [0.2, 0.25) is 5.13 Å². The maximum atomic E-state index is 11.3. The number of carbonyl (C=O) groups is 1. The number of ether oxygens (including phenoxy) is 1. The van der Waals surface area contributed by atoms with Gasteiger partial charge in [-0.15, -0.1) is 35.3 Å². The fourth-order valence-electron chi connectivity index (χ4n) is 1.64. The van der Waals surface area contributed by atoms with Crippen molar-refractivity contribution in [2.24, 2.45) is 10.7 Å². The minimum absolute atomic E-state index is 0. The largest absolute Gasteiger partial charge is 0.450 e. The van der Waals surface area contributed by atoms with Crippen LogP contribution in [0.3, 0.4) is 0 Å². The molecule has 2 aromatic heterocycles. The summed E-state index contributed by atoms with van der Waals surface area (Å²) in [5, 5.41) is 5.56. The van der Waals surface area contributed by atoms with E-state index in [1.54, 1.807) is 6.92 Å². The Kier molecular flexibility index (Phi) is 9.00. The van der Waals surface area contributed by atoms with Gasteiger partial charge >= 0.3 is 6.09 Å². The fourth-order valence-corrected chi connectivity index (χ4v) is 2.57. The molecule has 0 unspecified atom stereocenters. The van der Waals surface area contributed by atoms with E-state index in [9.17, 15) is 4.79 Å². The maximum Gasteiger partial charge on any atom is 0.407 e. The van der Waals surface area contributed by atoms with E-state index in [-0.39, 0.29) is 24.0 Å². The number of carbonyl (C=O) groups excluding carboxylic acids is 1. The van der Waals surface area contributed by atoms with Crippen molar-refractivity contribution >= 4 is 63.5 Å². The van der Waals surface area contributed by atoms with Gasteiger partial charge in [0.1, 0.15) is 5.69 Å². The predicted octanol–water partition coefficient (Wildman–Crippen LogP) is 3.38. The third-order valence-corrected chi connectivity index (χ3v) is 3.91. The predicted molar refractivity (Wildman–Crippen MR) is 109 cm³/mol. The van der Waals surface area contributed by atoms with Crippen molar-refractivity contribution in [3.63, 3.8) is 0 Å². The summed E-state index contributed by atoms with van der Waals surface area (Å²) in [6.07, 6.45) is 1.40. The molecular formula is C14H18IN5O2S2. The van der Waals surface area contributed by atoms with E-state index in [1.807, 2.05) is 29.8 Å². The monoisotopic (exact) mass is 479 g/mol. The number of aromatic nitrogens is 2. The smallest absolute Gasteiger partial charge is 0.407 e. The lowest BCUT2D eigenvalue weighted by Crippen LogP contribution is -2.24. The van der Waals surface area contributed by atoms with Gasteiger partial charge in [0.15, 0.2) is 5.17 Å². The minimum Gasteiger partial charge on any atom is -0.450 e. The first-order valence-corrected chi connectivity index (χ1v) is 8.93. The molecule has 0 aliphatic carbocycles. The van der Waals surface area contributed by atoms with Crippen LogP contribution in [0.2, 0.25) is 0 Å². The average Bonchev–Trinajstić information content (AvgIpc) is 3.02. The Morgan fingerprint density at radius 3 is 2.92 bits per heavy atom. The van der Waals surface area contributed by atoms with Gasteiger partial charge in [-0.3, -0.25) is 0 Å². The van der Waals surface area contributed by atoms with Gasteiger partial charge < -0.3 is 15.8 Å². The molecule has 0 saturated carbocycles. The molecule has 0 saturated heterocycles. The van der Waals surface area contributed by atoms with Gasteiger partial charge in [0, 0.05) is 5.38 Å². The van der Waals surface area contributed by atoms with E-state index in [0.29, 0.717) is 29.1 Å². The number of hydrogen-bond donors (Lipinski definition) is 2. The molecule has 0 aromatic carbocycles. The molecule has 0 bridgehead atoms. The summed E-state index contributed by atoms with van der Waals surface area (Å²) in [6, 6.07) is 5.55. The Morgan fingerprint density at radius 1 is 1.42 bits per heavy atom. The minimum atomic E-state index is -0.461. The zero-order chi connectivity index (χ0) is 16.7. The van der Waals surface area contributed by atoms with Gasteiger partial charge in [-0.05, 0) is 25.3 Å². The van der Waals surface area contributed by atoms with Crippen LogP contribution in [0.5, 0.6) is 0 Å². The number of alkyl carbamates (subject to hydrolysis) is 1. The molecule has 3 N–H and O–H groups in total. The first-order chi connectivity index (χ1) is 11.1. The fraction of sp³-hybridized carbons (Fsp3) is 0.286. The van der Waals surface area contributed by atoms with E-state index in [4.69, 9.17) is 10.5 Å². The van der Waals surface area contributed by atoms with Crippen molar-refractivity contribution in [3.8, 4) is 11.4 Å². The molecule has 24 heavy (non-hydrogen) atoms. The highest BCUT2D eigenvalue weighted by molar-refractivity contribution is 14.0. The molecule has 1 amide bonds. The lowest BCUT2D eigenvalue weighted by Gasteiger charge is -2.05. The average molecular weight is 479 g/mol. The SMILES string of the molecule is CCOC(=O)NCc1cccc(-c2csc(N=C(N)SC)n2)n1.I. The summed E-state index contributed by atoms with van der Waals surface area (Å²) < 4.78 is 4.81. The van der Waals surface area contributed by atoms with Crippen molar-refractivity contribution in [2.75, 3.05) is 12.9 Å². The van der Waals surface area contributed by atoms with E-state index >= 15 is 0 Å². The topological polar surface area (TPSA) is 102 Å². The Labute approximate surface area is 165 Å².